The number of ether oxygens (including phenoxy) is 1. The highest BCUT2D eigenvalue weighted by Gasteiger charge is 2.43. The zero-order valence-electron chi connectivity index (χ0n) is 8.27. The molecule has 1 aromatic carbocycles. The second-order valence-electron chi connectivity index (χ2n) is 3.82. The van der Waals surface area contributed by atoms with E-state index in [-0.39, 0.29) is 11.9 Å². The van der Waals surface area contributed by atoms with Crippen LogP contribution in [0.5, 0.6) is 0 Å². The lowest BCUT2D eigenvalue weighted by Gasteiger charge is -1.99. The third-order valence-corrected chi connectivity index (χ3v) is 2.77. The van der Waals surface area contributed by atoms with E-state index >= 15 is 0 Å². The van der Waals surface area contributed by atoms with E-state index in [1.165, 1.54) is 12.7 Å². The third-order valence-electron chi connectivity index (χ3n) is 2.77. The molecule has 0 aromatic heterocycles. The van der Waals surface area contributed by atoms with Crippen molar-refractivity contribution in [2.75, 3.05) is 7.11 Å². The monoisotopic (exact) mass is 190 g/mol. The van der Waals surface area contributed by atoms with E-state index in [1.807, 2.05) is 18.2 Å². The van der Waals surface area contributed by atoms with Crippen molar-refractivity contribution in [2.24, 2.45) is 11.8 Å². The van der Waals surface area contributed by atoms with Crippen LogP contribution in [0.15, 0.2) is 30.3 Å². The van der Waals surface area contributed by atoms with E-state index in [0.717, 1.165) is 12.8 Å². The normalized spacial score (nSPS) is 24.4. The summed E-state index contributed by atoms with van der Waals surface area (Å²) in [7, 11) is 1.46. The molecule has 0 radical (unpaired) electrons. The number of rotatable bonds is 3. The Labute approximate surface area is 83.9 Å². The Bertz CT molecular complexity index is 318. The summed E-state index contributed by atoms with van der Waals surface area (Å²) in [6.45, 7) is 0. The Balaban J connectivity index is 1.88. The predicted octanol–water partition coefficient (Wildman–Crippen LogP) is 2.04. The predicted molar refractivity (Wildman–Crippen MR) is 53.8 cm³/mol. The number of carbonyl (C=O) groups is 1. The molecular formula is C12H14O2. The highest BCUT2D eigenvalue weighted by molar-refractivity contribution is 5.75. The van der Waals surface area contributed by atoms with Gasteiger partial charge in [-0.1, -0.05) is 30.3 Å². The molecule has 2 atom stereocenters. The van der Waals surface area contributed by atoms with Crippen LogP contribution in [0.2, 0.25) is 0 Å². The smallest absolute Gasteiger partial charge is 0.308 e. The van der Waals surface area contributed by atoms with Crippen molar-refractivity contribution < 1.29 is 9.53 Å². The van der Waals surface area contributed by atoms with Crippen molar-refractivity contribution in [3.05, 3.63) is 35.9 Å². The molecule has 2 rings (SSSR count). The van der Waals surface area contributed by atoms with Crippen molar-refractivity contribution in [2.45, 2.75) is 12.8 Å². The highest BCUT2D eigenvalue weighted by atomic mass is 16.5. The maximum Gasteiger partial charge on any atom is 0.308 e. The SMILES string of the molecule is COC(=O)[C@@H]1C[C@@H]1Cc1ccccc1. The summed E-state index contributed by atoms with van der Waals surface area (Å²) < 4.78 is 4.70. The first kappa shape index (κ1) is 9.25. The van der Waals surface area contributed by atoms with Gasteiger partial charge in [0.05, 0.1) is 13.0 Å². The molecule has 2 nitrogen and oxygen atoms in total. The minimum atomic E-state index is -0.0501. The number of hydrogen-bond acceptors (Lipinski definition) is 2. The van der Waals surface area contributed by atoms with Crippen molar-refractivity contribution >= 4 is 5.97 Å². The summed E-state index contributed by atoms with van der Waals surface area (Å²) in [4.78, 5) is 11.2. The number of methoxy groups -OCH3 is 1. The summed E-state index contributed by atoms with van der Waals surface area (Å²) in [6, 6.07) is 10.3. The molecule has 1 fully saturated rings. The molecule has 0 N–H and O–H groups in total. The molecule has 74 valence electrons. The molecule has 2 heteroatoms. The average Bonchev–Trinajstić information content (AvgIpc) is 2.98. The largest absolute Gasteiger partial charge is 0.469 e. The standard InChI is InChI=1S/C12H14O2/c1-14-12(13)11-8-10(11)7-9-5-3-2-4-6-9/h2-6,10-11H,7-8H2,1H3/t10-,11+/m0/s1. The quantitative estimate of drug-likeness (QED) is 0.682. The first-order valence-electron chi connectivity index (χ1n) is 4.93. The maximum absolute atomic E-state index is 11.2. The molecular weight excluding hydrogens is 176 g/mol. The van der Waals surface area contributed by atoms with Gasteiger partial charge >= 0.3 is 5.97 Å². The van der Waals surface area contributed by atoms with Crippen LogP contribution in [0.1, 0.15) is 12.0 Å². The van der Waals surface area contributed by atoms with Gasteiger partial charge in [0, 0.05) is 0 Å². The van der Waals surface area contributed by atoms with Crippen LogP contribution in [0.3, 0.4) is 0 Å². The summed E-state index contributed by atoms with van der Waals surface area (Å²) >= 11 is 0. The topological polar surface area (TPSA) is 26.3 Å². The Hall–Kier alpha value is -1.31. The Morgan fingerprint density at radius 3 is 2.79 bits per heavy atom. The molecule has 0 aliphatic heterocycles. The number of esters is 1. The van der Waals surface area contributed by atoms with Crippen molar-refractivity contribution in [3.63, 3.8) is 0 Å². The molecule has 0 saturated heterocycles. The van der Waals surface area contributed by atoms with Crippen LogP contribution in [0.4, 0.5) is 0 Å². The Morgan fingerprint density at radius 1 is 1.43 bits per heavy atom. The first-order chi connectivity index (χ1) is 6.81. The summed E-state index contributed by atoms with van der Waals surface area (Å²) in [5.74, 6) is 0.607. The molecule has 1 aliphatic rings. The summed E-state index contributed by atoms with van der Waals surface area (Å²) in [6.07, 6.45) is 1.99. The lowest BCUT2D eigenvalue weighted by molar-refractivity contribution is -0.142. The molecule has 1 aliphatic carbocycles. The second-order valence-corrected chi connectivity index (χ2v) is 3.82. The van der Waals surface area contributed by atoms with E-state index < -0.39 is 0 Å². The lowest BCUT2D eigenvalue weighted by Crippen LogP contribution is -2.05. The van der Waals surface area contributed by atoms with Gasteiger partial charge in [-0.05, 0) is 24.3 Å². The molecule has 0 heterocycles. The van der Waals surface area contributed by atoms with E-state index in [9.17, 15) is 4.79 Å². The van der Waals surface area contributed by atoms with Crippen molar-refractivity contribution in [1.82, 2.24) is 0 Å². The Kier molecular flexibility index (Phi) is 2.53. The van der Waals surface area contributed by atoms with Gasteiger partial charge in [0.1, 0.15) is 0 Å². The van der Waals surface area contributed by atoms with E-state index in [2.05, 4.69) is 12.1 Å². The second kappa shape index (κ2) is 3.82. The zero-order chi connectivity index (χ0) is 9.97. The molecule has 0 bridgehead atoms. The Morgan fingerprint density at radius 2 is 2.14 bits per heavy atom. The minimum Gasteiger partial charge on any atom is -0.469 e. The van der Waals surface area contributed by atoms with Gasteiger partial charge in [0.25, 0.3) is 0 Å². The van der Waals surface area contributed by atoms with Crippen LogP contribution in [-0.2, 0) is 16.0 Å². The minimum absolute atomic E-state index is 0.0501. The highest BCUT2D eigenvalue weighted by Crippen LogP contribution is 2.41. The number of hydrogen-bond donors (Lipinski definition) is 0. The fraction of sp³-hybridized carbons (Fsp3) is 0.417. The molecule has 0 unspecified atom stereocenters. The molecule has 0 spiro atoms. The molecule has 1 saturated carbocycles. The molecule has 0 amide bonds. The van der Waals surface area contributed by atoms with Gasteiger partial charge in [0.2, 0.25) is 0 Å². The van der Waals surface area contributed by atoms with Gasteiger partial charge in [-0.3, -0.25) is 4.79 Å². The van der Waals surface area contributed by atoms with E-state index in [1.54, 1.807) is 0 Å². The van der Waals surface area contributed by atoms with E-state index in [4.69, 9.17) is 4.74 Å². The fourth-order valence-electron chi connectivity index (χ4n) is 1.83. The number of carbonyl (C=O) groups excluding carboxylic acids is 1. The first-order valence-corrected chi connectivity index (χ1v) is 4.93. The molecule has 14 heavy (non-hydrogen) atoms. The summed E-state index contributed by atoms with van der Waals surface area (Å²) in [5, 5.41) is 0. The maximum atomic E-state index is 11.2. The van der Waals surface area contributed by atoms with Gasteiger partial charge in [-0.2, -0.15) is 0 Å². The van der Waals surface area contributed by atoms with Crippen molar-refractivity contribution in [1.29, 1.82) is 0 Å². The van der Waals surface area contributed by atoms with Gasteiger partial charge < -0.3 is 4.74 Å². The van der Waals surface area contributed by atoms with Gasteiger partial charge in [0.15, 0.2) is 0 Å². The van der Waals surface area contributed by atoms with Gasteiger partial charge in [-0.25, -0.2) is 0 Å². The van der Waals surface area contributed by atoms with Crippen LogP contribution in [0, 0.1) is 11.8 Å². The van der Waals surface area contributed by atoms with E-state index in [0.29, 0.717) is 5.92 Å². The number of benzene rings is 1. The fourth-order valence-corrected chi connectivity index (χ4v) is 1.83. The molecule has 1 aromatic rings. The van der Waals surface area contributed by atoms with Gasteiger partial charge in [-0.15, -0.1) is 0 Å². The van der Waals surface area contributed by atoms with Crippen LogP contribution in [0.25, 0.3) is 0 Å². The van der Waals surface area contributed by atoms with Crippen molar-refractivity contribution in [3.8, 4) is 0 Å². The van der Waals surface area contributed by atoms with Crippen LogP contribution >= 0.6 is 0 Å². The zero-order valence-corrected chi connectivity index (χ0v) is 8.27. The average molecular weight is 190 g/mol. The van der Waals surface area contributed by atoms with Crippen LogP contribution in [-0.4, -0.2) is 13.1 Å². The third kappa shape index (κ3) is 1.95. The summed E-state index contributed by atoms with van der Waals surface area (Å²) in [5.41, 5.74) is 1.31. The van der Waals surface area contributed by atoms with Crippen LogP contribution < -0.4 is 0 Å². The lowest BCUT2D eigenvalue weighted by atomic mass is 10.1.